The minimum Gasteiger partial charge on any atom is -0.401 e. The quantitative estimate of drug-likeness (QED) is 0.379. The van der Waals surface area contributed by atoms with Gasteiger partial charge in [-0.15, -0.1) is 0 Å². The summed E-state index contributed by atoms with van der Waals surface area (Å²) in [7, 11) is -2.47. The molecule has 2 aromatic carbocycles. The minimum atomic E-state index is -2.47. The Balaban J connectivity index is 2.68. The summed E-state index contributed by atoms with van der Waals surface area (Å²) in [6.07, 6.45) is -0.00400. The molecule has 0 aliphatic heterocycles. The van der Waals surface area contributed by atoms with Crippen LogP contribution in [0.1, 0.15) is 27.7 Å². The van der Waals surface area contributed by atoms with Crippen molar-refractivity contribution in [3.05, 3.63) is 72.8 Å². The third-order valence-corrected chi connectivity index (χ3v) is 10.3. The van der Waals surface area contributed by atoms with Crippen molar-refractivity contribution in [1.29, 1.82) is 0 Å². The van der Waals surface area contributed by atoms with Crippen LogP contribution < -0.4 is 10.4 Å². The van der Waals surface area contributed by atoms with Crippen LogP contribution in [0, 0.1) is 0 Å². The molecule has 1 unspecified atom stereocenters. The van der Waals surface area contributed by atoms with Crippen molar-refractivity contribution in [1.82, 2.24) is 0 Å². The maximum Gasteiger partial charge on any atom is 0.261 e. The molecule has 0 N–H and O–H groups in total. The topological polar surface area (TPSA) is 9.23 Å². The molecule has 0 fully saturated rings. The third kappa shape index (κ3) is 3.74. The second-order valence-corrected chi connectivity index (χ2v) is 12.0. The van der Waals surface area contributed by atoms with Crippen LogP contribution in [0.25, 0.3) is 0 Å². The molecule has 0 aromatic heterocycles. The van der Waals surface area contributed by atoms with Crippen LogP contribution in [0.4, 0.5) is 0 Å². The van der Waals surface area contributed by atoms with E-state index in [0.29, 0.717) is 0 Å². The van der Waals surface area contributed by atoms with Gasteiger partial charge in [0.2, 0.25) is 0 Å². The highest BCUT2D eigenvalue weighted by atomic mass is 79.9. The van der Waals surface area contributed by atoms with Crippen LogP contribution in [0.3, 0.4) is 0 Å². The molecule has 1 nitrogen and oxygen atoms in total. The Kier molecular flexibility index (Phi) is 6.24. The molecular weight excluding hydrogens is 376 g/mol. The Hall–Kier alpha value is -1.16. The maximum absolute atomic E-state index is 6.94. The molecule has 2 rings (SSSR count). The minimum absolute atomic E-state index is 0.00341. The summed E-state index contributed by atoms with van der Waals surface area (Å²) in [5.74, 6) is 0. The second-order valence-electron chi connectivity index (χ2n) is 7.22. The summed E-state index contributed by atoms with van der Waals surface area (Å²) < 4.78 is 6.94. The molecule has 0 aliphatic rings. The molecule has 0 saturated carbocycles. The van der Waals surface area contributed by atoms with Gasteiger partial charge in [0.25, 0.3) is 8.32 Å². The second kappa shape index (κ2) is 7.81. The van der Waals surface area contributed by atoms with Gasteiger partial charge in [-0.25, -0.2) is 0 Å². The molecule has 3 heteroatoms. The lowest BCUT2D eigenvalue weighted by Gasteiger charge is -2.45. The van der Waals surface area contributed by atoms with Gasteiger partial charge in [0.1, 0.15) is 0 Å². The van der Waals surface area contributed by atoms with E-state index in [1.165, 1.54) is 10.4 Å². The van der Waals surface area contributed by atoms with Crippen LogP contribution in [-0.2, 0) is 4.43 Å². The van der Waals surface area contributed by atoms with Crippen molar-refractivity contribution in [3.63, 3.8) is 0 Å². The molecule has 0 bridgehead atoms. The van der Waals surface area contributed by atoms with Crippen molar-refractivity contribution < 1.29 is 4.43 Å². The fraction of sp³-hybridized carbons (Fsp3) is 0.333. The molecule has 2 aromatic rings. The van der Waals surface area contributed by atoms with Crippen LogP contribution in [0.15, 0.2) is 72.8 Å². The van der Waals surface area contributed by atoms with Gasteiger partial charge in [-0.05, 0) is 27.9 Å². The van der Waals surface area contributed by atoms with E-state index in [0.717, 1.165) is 10.9 Å². The van der Waals surface area contributed by atoms with Gasteiger partial charge >= 0.3 is 0 Å². The van der Waals surface area contributed by atoms with Crippen LogP contribution in [-0.4, -0.2) is 19.8 Å². The fourth-order valence-corrected chi connectivity index (χ4v) is 8.32. The van der Waals surface area contributed by atoms with E-state index in [4.69, 9.17) is 4.43 Å². The molecule has 24 heavy (non-hydrogen) atoms. The predicted molar refractivity (Wildman–Crippen MR) is 111 cm³/mol. The first-order valence-electron chi connectivity index (χ1n) is 8.35. The molecule has 0 radical (unpaired) electrons. The summed E-state index contributed by atoms with van der Waals surface area (Å²) in [5.41, 5.74) is 1.07. The number of halogens is 1. The van der Waals surface area contributed by atoms with Gasteiger partial charge in [0.15, 0.2) is 0 Å². The SMILES string of the molecule is C=C(CBr)C(C)O[Si](c1ccccc1)(c1ccccc1)C(C)(C)C. The zero-order chi connectivity index (χ0) is 17.8. The number of hydrogen-bond donors (Lipinski definition) is 0. The predicted octanol–water partition coefficient (Wildman–Crippen LogP) is 4.90. The van der Waals surface area contributed by atoms with E-state index < -0.39 is 8.32 Å². The van der Waals surface area contributed by atoms with Gasteiger partial charge in [-0.2, -0.15) is 0 Å². The monoisotopic (exact) mass is 402 g/mol. The molecular formula is C21H27BrOSi. The summed E-state index contributed by atoms with van der Waals surface area (Å²) in [5, 5.41) is 3.36. The third-order valence-electron chi connectivity index (χ3n) is 4.52. The molecule has 0 aliphatic carbocycles. The average molecular weight is 403 g/mol. The van der Waals surface area contributed by atoms with Gasteiger partial charge in [0.05, 0.1) is 6.10 Å². The normalized spacial score (nSPS) is 13.5. The first-order chi connectivity index (χ1) is 11.3. The summed E-state index contributed by atoms with van der Waals surface area (Å²) in [6.45, 7) is 13.2. The number of benzene rings is 2. The lowest BCUT2D eigenvalue weighted by molar-refractivity contribution is 0.241. The van der Waals surface area contributed by atoms with Crippen molar-refractivity contribution >= 4 is 34.6 Å². The largest absolute Gasteiger partial charge is 0.401 e. The lowest BCUT2D eigenvalue weighted by atomic mass is 10.2. The standard InChI is InChI=1S/C21H27BrOSi/c1-17(16-22)18(2)23-24(21(3,4)5,19-12-8-6-9-13-19)20-14-10-7-11-15-20/h6-15,18H,1,16H2,2-5H3. The Morgan fingerprint density at radius 2 is 1.42 bits per heavy atom. The lowest BCUT2D eigenvalue weighted by Crippen LogP contribution is -2.67. The van der Waals surface area contributed by atoms with E-state index in [-0.39, 0.29) is 11.1 Å². The zero-order valence-corrected chi connectivity index (χ0v) is 17.6. The molecule has 0 heterocycles. The van der Waals surface area contributed by atoms with Crippen molar-refractivity contribution in [2.75, 3.05) is 5.33 Å². The number of alkyl halides is 1. The summed E-state index contributed by atoms with van der Waals surface area (Å²) in [6, 6.07) is 21.4. The molecule has 0 spiro atoms. The van der Waals surface area contributed by atoms with E-state index in [1.54, 1.807) is 0 Å². The van der Waals surface area contributed by atoms with Gasteiger partial charge < -0.3 is 4.43 Å². The van der Waals surface area contributed by atoms with Gasteiger partial charge in [-0.3, -0.25) is 0 Å². The molecule has 0 amide bonds. The van der Waals surface area contributed by atoms with E-state index in [9.17, 15) is 0 Å². The Labute approximate surface area is 156 Å². The van der Waals surface area contributed by atoms with E-state index in [1.807, 2.05) is 0 Å². The Morgan fingerprint density at radius 1 is 1.00 bits per heavy atom. The fourth-order valence-electron chi connectivity index (χ4n) is 3.15. The number of hydrogen-bond acceptors (Lipinski definition) is 1. The van der Waals surface area contributed by atoms with Crippen molar-refractivity contribution in [2.45, 2.75) is 38.8 Å². The highest BCUT2D eigenvalue weighted by Crippen LogP contribution is 2.38. The van der Waals surface area contributed by atoms with Crippen LogP contribution in [0.5, 0.6) is 0 Å². The van der Waals surface area contributed by atoms with Gasteiger partial charge in [0, 0.05) is 5.33 Å². The first-order valence-corrected chi connectivity index (χ1v) is 11.4. The van der Waals surface area contributed by atoms with Crippen molar-refractivity contribution in [2.24, 2.45) is 0 Å². The average Bonchev–Trinajstić information content (AvgIpc) is 2.59. The Morgan fingerprint density at radius 3 is 1.75 bits per heavy atom. The summed E-state index contributed by atoms with van der Waals surface area (Å²) >= 11 is 3.52. The highest BCUT2D eigenvalue weighted by molar-refractivity contribution is 9.09. The van der Waals surface area contributed by atoms with Gasteiger partial charge in [-0.1, -0.05) is 104 Å². The molecule has 1 atom stereocenters. The zero-order valence-electron chi connectivity index (χ0n) is 15.1. The smallest absolute Gasteiger partial charge is 0.261 e. The van der Waals surface area contributed by atoms with Crippen LogP contribution >= 0.6 is 15.9 Å². The first kappa shape index (κ1) is 19.2. The van der Waals surface area contributed by atoms with Crippen molar-refractivity contribution in [3.8, 4) is 0 Å². The summed E-state index contributed by atoms with van der Waals surface area (Å²) in [4.78, 5) is 0. The molecule has 0 saturated heterocycles. The number of rotatable bonds is 6. The molecule has 128 valence electrons. The van der Waals surface area contributed by atoms with E-state index in [2.05, 4.69) is 111 Å². The maximum atomic E-state index is 6.94. The van der Waals surface area contributed by atoms with Crippen LogP contribution in [0.2, 0.25) is 5.04 Å². The van der Waals surface area contributed by atoms with E-state index >= 15 is 0 Å². The Bertz CT molecular complexity index is 622. The highest BCUT2D eigenvalue weighted by Gasteiger charge is 2.51.